The zero-order valence-electron chi connectivity index (χ0n) is 11.3. The molecule has 1 aromatic carbocycles. The molecule has 2 N–H and O–H groups in total. The van der Waals surface area contributed by atoms with Crippen LogP contribution in [0.1, 0.15) is 36.9 Å². The predicted molar refractivity (Wildman–Crippen MR) is 75.5 cm³/mol. The molecule has 1 aliphatic carbocycles. The molecule has 1 unspecified atom stereocenters. The molecule has 2 nitrogen and oxygen atoms in total. The summed E-state index contributed by atoms with van der Waals surface area (Å²) < 4.78 is 0. The minimum atomic E-state index is 0.260. The Kier molecular flexibility index (Phi) is 4.56. The molecule has 0 spiro atoms. The molecule has 18 heavy (non-hydrogen) atoms. The van der Waals surface area contributed by atoms with E-state index in [2.05, 4.69) is 55.6 Å². The number of nitrogens with one attached hydrogen (secondary N) is 1. The van der Waals surface area contributed by atoms with E-state index in [1.807, 2.05) is 0 Å². The van der Waals surface area contributed by atoms with Crippen molar-refractivity contribution in [2.75, 3.05) is 6.61 Å². The van der Waals surface area contributed by atoms with E-state index < -0.39 is 0 Å². The summed E-state index contributed by atoms with van der Waals surface area (Å²) >= 11 is 0. The zero-order valence-corrected chi connectivity index (χ0v) is 11.3. The Morgan fingerprint density at radius 3 is 2.56 bits per heavy atom. The molecule has 0 heterocycles. The normalized spacial score (nSPS) is 24.4. The lowest BCUT2D eigenvalue weighted by molar-refractivity contribution is 0.244. The molecule has 0 amide bonds. The van der Waals surface area contributed by atoms with Crippen molar-refractivity contribution in [1.82, 2.24) is 5.32 Å². The summed E-state index contributed by atoms with van der Waals surface area (Å²) in [6.07, 6.45) is 6.41. The van der Waals surface area contributed by atoms with Gasteiger partial charge in [-0.1, -0.05) is 48.9 Å². The lowest BCUT2D eigenvalue weighted by Crippen LogP contribution is -2.30. The Bertz CT molecular complexity index is 396. The fraction of sp³-hybridized carbons (Fsp3) is 0.500. The fourth-order valence-corrected chi connectivity index (χ4v) is 2.54. The summed E-state index contributed by atoms with van der Waals surface area (Å²) in [6.45, 7) is 4.58. The number of aliphatic hydroxyl groups is 1. The Morgan fingerprint density at radius 2 is 2.00 bits per heavy atom. The van der Waals surface area contributed by atoms with Crippen LogP contribution in [0, 0.1) is 12.8 Å². The summed E-state index contributed by atoms with van der Waals surface area (Å²) in [5.41, 5.74) is 2.65. The molecule has 0 aromatic heterocycles. The Balaban J connectivity index is 1.98. The van der Waals surface area contributed by atoms with E-state index in [0.717, 1.165) is 12.8 Å². The molecule has 0 bridgehead atoms. The number of hydrogen-bond donors (Lipinski definition) is 2. The van der Waals surface area contributed by atoms with Gasteiger partial charge >= 0.3 is 0 Å². The summed E-state index contributed by atoms with van der Waals surface area (Å²) in [7, 11) is 0. The average Bonchev–Trinajstić information content (AvgIpc) is 2.85. The summed E-state index contributed by atoms with van der Waals surface area (Å²) in [5, 5.41) is 12.8. The van der Waals surface area contributed by atoms with Gasteiger partial charge in [-0.05, 0) is 25.3 Å². The van der Waals surface area contributed by atoms with Gasteiger partial charge in [-0.25, -0.2) is 0 Å². The number of benzene rings is 1. The number of rotatable bonds is 5. The van der Waals surface area contributed by atoms with E-state index in [1.165, 1.54) is 11.1 Å². The number of aryl methyl sites for hydroxylation is 1. The van der Waals surface area contributed by atoms with Gasteiger partial charge in [0.2, 0.25) is 0 Å². The van der Waals surface area contributed by atoms with Crippen LogP contribution in [0.25, 0.3) is 0 Å². The summed E-state index contributed by atoms with van der Waals surface area (Å²) in [6, 6.07) is 9.55. The van der Waals surface area contributed by atoms with Crippen molar-refractivity contribution < 1.29 is 5.11 Å². The van der Waals surface area contributed by atoms with Gasteiger partial charge in [0, 0.05) is 24.6 Å². The first kappa shape index (κ1) is 13.3. The molecule has 98 valence electrons. The van der Waals surface area contributed by atoms with Gasteiger partial charge in [0.05, 0.1) is 0 Å². The van der Waals surface area contributed by atoms with Crippen molar-refractivity contribution in [3.05, 3.63) is 47.5 Å². The van der Waals surface area contributed by atoms with Crippen LogP contribution in [-0.4, -0.2) is 17.8 Å². The van der Waals surface area contributed by atoms with Gasteiger partial charge in [0.15, 0.2) is 0 Å². The monoisotopic (exact) mass is 245 g/mol. The second-order valence-electron chi connectivity index (χ2n) is 5.21. The second-order valence-corrected chi connectivity index (χ2v) is 5.21. The van der Waals surface area contributed by atoms with Gasteiger partial charge in [-0.3, -0.25) is 0 Å². The van der Waals surface area contributed by atoms with Crippen molar-refractivity contribution >= 4 is 0 Å². The molecular weight excluding hydrogens is 222 g/mol. The maximum absolute atomic E-state index is 9.14. The minimum Gasteiger partial charge on any atom is -0.396 e. The smallest absolute Gasteiger partial charge is 0.0494 e. The van der Waals surface area contributed by atoms with Crippen LogP contribution in [0.15, 0.2) is 36.4 Å². The number of hydrogen-bond acceptors (Lipinski definition) is 2. The highest BCUT2D eigenvalue weighted by atomic mass is 16.3. The molecule has 0 saturated heterocycles. The fourth-order valence-electron chi connectivity index (χ4n) is 2.54. The van der Waals surface area contributed by atoms with Crippen LogP contribution < -0.4 is 5.32 Å². The van der Waals surface area contributed by atoms with Crippen LogP contribution in [0.2, 0.25) is 0 Å². The molecule has 0 aliphatic heterocycles. The van der Waals surface area contributed by atoms with E-state index >= 15 is 0 Å². The molecule has 3 atom stereocenters. The molecule has 2 rings (SSSR count). The minimum absolute atomic E-state index is 0.260. The van der Waals surface area contributed by atoms with Gasteiger partial charge in [0.25, 0.3) is 0 Å². The van der Waals surface area contributed by atoms with E-state index in [4.69, 9.17) is 5.11 Å². The highest BCUT2D eigenvalue weighted by molar-refractivity contribution is 5.24. The first-order chi connectivity index (χ1) is 8.72. The third kappa shape index (κ3) is 3.21. The quantitative estimate of drug-likeness (QED) is 0.782. The maximum Gasteiger partial charge on any atom is 0.0494 e. The van der Waals surface area contributed by atoms with Crippen molar-refractivity contribution in [3.63, 3.8) is 0 Å². The molecule has 0 fully saturated rings. The van der Waals surface area contributed by atoms with Crippen LogP contribution >= 0.6 is 0 Å². The standard InChI is InChI=1S/C16H23NO/c1-3-16(14-7-4-12(2)5-8-14)17-15-9-6-13(10-15)11-18/h4-9,13,15-18H,3,10-11H2,1-2H3/t13-,15+,16?/m0/s1. The van der Waals surface area contributed by atoms with Crippen molar-refractivity contribution in [2.45, 2.75) is 38.8 Å². The van der Waals surface area contributed by atoms with Gasteiger partial charge in [-0.15, -0.1) is 0 Å². The molecular formula is C16H23NO. The van der Waals surface area contributed by atoms with E-state index in [-0.39, 0.29) is 6.61 Å². The van der Waals surface area contributed by atoms with Gasteiger partial charge in [0.1, 0.15) is 0 Å². The van der Waals surface area contributed by atoms with Crippen LogP contribution in [0.5, 0.6) is 0 Å². The third-order valence-corrected chi connectivity index (χ3v) is 3.71. The third-order valence-electron chi connectivity index (χ3n) is 3.71. The Labute approximate surface area is 110 Å². The largest absolute Gasteiger partial charge is 0.396 e. The van der Waals surface area contributed by atoms with E-state index in [1.54, 1.807) is 0 Å². The molecule has 0 saturated carbocycles. The first-order valence-corrected chi connectivity index (χ1v) is 6.84. The average molecular weight is 245 g/mol. The van der Waals surface area contributed by atoms with Crippen molar-refractivity contribution in [1.29, 1.82) is 0 Å². The zero-order chi connectivity index (χ0) is 13.0. The Hall–Kier alpha value is -1.12. The van der Waals surface area contributed by atoms with Crippen LogP contribution in [-0.2, 0) is 0 Å². The van der Waals surface area contributed by atoms with E-state index in [0.29, 0.717) is 18.0 Å². The topological polar surface area (TPSA) is 32.3 Å². The number of aliphatic hydroxyl groups excluding tert-OH is 1. The second kappa shape index (κ2) is 6.17. The van der Waals surface area contributed by atoms with Crippen molar-refractivity contribution in [3.8, 4) is 0 Å². The lowest BCUT2D eigenvalue weighted by atomic mass is 10.0. The predicted octanol–water partition coefficient (Wildman–Crippen LogP) is 2.97. The highest BCUT2D eigenvalue weighted by Crippen LogP contribution is 2.23. The summed E-state index contributed by atoms with van der Waals surface area (Å²) in [5.74, 6) is 0.332. The molecule has 1 aromatic rings. The van der Waals surface area contributed by atoms with E-state index in [9.17, 15) is 0 Å². The summed E-state index contributed by atoms with van der Waals surface area (Å²) in [4.78, 5) is 0. The van der Waals surface area contributed by atoms with Gasteiger partial charge in [-0.2, -0.15) is 0 Å². The van der Waals surface area contributed by atoms with Gasteiger partial charge < -0.3 is 10.4 Å². The molecule has 0 radical (unpaired) electrons. The maximum atomic E-state index is 9.14. The van der Waals surface area contributed by atoms with Crippen LogP contribution in [0.4, 0.5) is 0 Å². The SMILES string of the molecule is CCC(N[C@@H]1C=C[C@H](CO)C1)c1ccc(C)cc1. The highest BCUT2D eigenvalue weighted by Gasteiger charge is 2.20. The lowest BCUT2D eigenvalue weighted by Gasteiger charge is -2.22. The van der Waals surface area contributed by atoms with Crippen LogP contribution in [0.3, 0.4) is 0 Å². The molecule has 2 heteroatoms. The first-order valence-electron chi connectivity index (χ1n) is 6.84. The Morgan fingerprint density at radius 1 is 1.28 bits per heavy atom. The molecule has 1 aliphatic rings. The van der Waals surface area contributed by atoms with Crippen molar-refractivity contribution in [2.24, 2.45) is 5.92 Å².